The fourth-order valence-electron chi connectivity index (χ4n) is 3.55. The van der Waals surface area contributed by atoms with Gasteiger partial charge in [-0.2, -0.15) is 4.31 Å². The third kappa shape index (κ3) is 4.27. The van der Waals surface area contributed by atoms with E-state index >= 15 is 0 Å². The van der Waals surface area contributed by atoms with Crippen molar-refractivity contribution in [3.63, 3.8) is 0 Å². The number of hydrogen-bond donors (Lipinski definition) is 0. The predicted octanol–water partition coefficient (Wildman–Crippen LogP) is 2.99. The van der Waals surface area contributed by atoms with E-state index in [-0.39, 0.29) is 10.8 Å². The molecule has 1 fully saturated rings. The monoisotopic (exact) mass is 437 g/mol. The van der Waals surface area contributed by atoms with Crippen LogP contribution >= 0.6 is 23.1 Å². The molecule has 1 saturated heterocycles. The molecule has 9 heteroatoms. The van der Waals surface area contributed by atoms with E-state index in [2.05, 4.69) is 16.4 Å². The summed E-state index contributed by atoms with van der Waals surface area (Å²) in [5.74, 6) is 0.402. The molecular weight excluding hydrogens is 414 g/mol. The van der Waals surface area contributed by atoms with Crippen LogP contribution in [0.2, 0.25) is 0 Å². The van der Waals surface area contributed by atoms with Gasteiger partial charge in [-0.1, -0.05) is 18.2 Å². The van der Waals surface area contributed by atoms with E-state index in [1.807, 2.05) is 4.90 Å². The van der Waals surface area contributed by atoms with Crippen LogP contribution in [-0.4, -0.2) is 53.9 Å². The van der Waals surface area contributed by atoms with Crippen LogP contribution in [0.5, 0.6) is 0 Å². The van der Waals surface area contributed by atoms with Crippen LogP contribution in [0.3, 0.4) is 0 Å². The van der Waals surface area contributed by atoms with E-state index in [1.54, 1.807) is 27.8 Å². The average Bonchev–Trinajstić information content (AvgIpc) is 3.21. The summed E-state index contributed by atoms with van der Waals surface area (Å²) in [4.78, 5) is 20.3. The zero-order valence-corrected chi connectivity index (χ0v) is 18.0. The van der Waals surface area contributed by atoms with E-state index in [4.69, 9.17) is 0 Å². The van der Waals surface area contributed by atoms with Crippen LogP contribution < -0.4 is 0 Å². The van der Waals surface area contributed by atoms with Crippen LogP contribution in [-0.2, 0) is 27.8 Å². The fourth-order valence-corrected chi connectivity index (χ4v) is 6.65. The van der Waals surface area contributed by atoms with Gasteiger partial charge in [-0.15, -0.1) is 11.3 Å². The van der Waals surface area contributed by atoms with Gasteiger partial charge in [0, 0.05) is 37.3 Å². The Morgan fingerprint density at radius 2 is 1.96 bits per heavy atom. The molecule has 2 aliphatic rings. The van der Waals surface area contributed by atoms with Crippen molar-refractivity contribution in [3.05, 3.63) is 40.2 Å². The largest absolute Gasteiger partial charge is 0.337 e. The van der Waals surface area contributed by atoms with Crippen LogP contribution in [0.15, 0.2) is 39.7 Å². The molecule has 0 radical (unpaired) electrons. The van der Waals surface area contributed by atoms with Gasteiger partial charge in [-0.25, -0.2) is 13.4 Å². The van der Waals surface area contributed by atoms with Gasteiger partial charge in [0.15, 0.2) is 0 Å². The highest BCUT2D eigenvalue weighted by molar-refractivity contribution is 7.99. The summed E-state index contributed by atoms with van der Waals surface area (Å²) >= 11 is 3.11. The minimum absolute atomic E-state index is 0.0914. The number of thiophene rings is 1. The first-order chi connectivity index (χ1) is 13.5. The number of carbonyl (C=O) groups is 1. The molecule has 2 aromatic rings. The Kier molecular flexibility index (Phi) is 6.05. The number of piperidine rings is 1. The van der Waals surface area contributed by atoms with Gasteiger partial charge in [-0.3, -0.25) is 4.79 Å². The average molecular weight is 438 g/mol. The van der Waals surface area contributed by atoms with Crippen molar-refractivity contribution in [2.24, 2.45) is 0 Å². The summed E-state index contributed by atoms with van der Waals surface area (Å²) in [7, 11) is -3.46. The van der Waals surface area contributed by atoms with E-state index in [0.29, 0.717) is 30.4 Å². The van der Waals surface area contributed by atoms with E-state index < -0.39 is 10.0 Å². The Balaban J connectivity index is 1.34. The normalized spacial score (nSPS) is 18.1. The maximum absolute atomic E-state index is 12.7. The molecule has 0 spiro atoms. The number of fused-ring (bicyclic) bond motifs is 1. The van der Waals surface area contributed by atoms with Crippen molar-refractivity contribution in [1.82, 2.24) is 14.2 Å². The highest BCUT2D eigenvalue weighted by atomic mass is 32.2. The van der Waals surface area contributed by atoms with E-state index in [0.717, 1.165) is 32.2 Å². The third-order valence-electron chi connectivity index (χ3n) is 5.17. The second kappa shape index (κ2) is 8.52. The van der Waals surface area contributed by atoms with Crippen LogP contribution in [0.4, 0.5) is 0 Å². The summed E-state index contributed by atoms with van der Waals surface area (Å²) in [6.45, 7) is 2.59. The third-order valence-corrected chi connectivity index (χ3v) is 9.00. The zero-order valence-electron chi connectivity index (χ0n) is 15.5. The maximum atomic E-state index is 12.7. The Labute approximate surface area is 174 Å². The summed E-state index contributed by atoms with van der Waals surface area (Å²) in [6.07, 6.45) is 5.23. The quantitative estimate of drug-likeness (QED) is 0.673. The van der Waals surface area contributed by atoms with Gasteiger partial charge in [0.05, 0.1) is 10.8 Å². The molecule has 150 valence electrons. The van der Waals surface area contributed by atoms with E-state index in [9.17, 15) is 13.2 Å². The summed E-state index contributed by atoms with van der Waals surface area (Å²) in [5, 5.41) is 2.75. The van der Waals surface area contributed by atoms with E-state index in [1.165, 1.54) is 28.4 Å². The highest BCUT2D eigenvalue weighted by Gasteiger charge is 2.26. The predicted molar refractivity (Wildman–Crippen MR) is 111 cm³/mol. The lowest BCUT2D eigenvalue weighted by molar-refractivity contribution is -0.129. The number of amides is 1. The first-order valence-corrected chi connectivity index (χ1v) is 12.8. The SMILES string of the molecule is O=C(CSc1ccc(S(=O)(=O)N2CCCCC2)cn1)N1CCc2sccc2C1. The maximum Gasteiger partial charge on any atom is 0.244 e. The highest BCUT2D eigenvalue weighted by Crippen LogP contribution is 2.26. The molecule has 4 rings (SSSR count). The molecule has 0 aliphatic carbocycles. The van der Waals surface area contributed by atoms with Crippen molar-refractivity contribution in [3.8, 4) is 0 Å². The standard InChI is InChI=1S/C19H23N3O3S3/c23-19(21-10-6-17-15(13-21)7-11-26-17)14-27-18-5-4-16(12-20-18)28(24,25)22-8-2-1-3-9-22/h4-5,7,11-12H,1-3,6,8-10,13-14H2. The molecule has 2 aromatic heterocycles. The van der Waals surface area contributed by atoms with Crippen molar-refractivity contribution < 1.29 is 13.2 Å². The molecule has 0 unspecified atom stereocenters. The molecule has 0 atom stereocenters. The Bertz CT molecular complexity index is 935. The fraction of sp³-hybridized carbons (Fsp3) is 0.474. The first-order valence-electron chi connectivity index (χ1n) is 9.46. The number of thioether (sulfide) groups is 1. The van der Waals surface area contributed by atoms with Crippen LogP contribution in [0, 0.1) is 0 Å². The number of hydrogen-bond acceptors (Lipinski definition) is 6. The lowest BCUT2D eigenvalue weighted by Crippen LogP contribution is -2.36. The summed E-state index contributed by atoms with van der Waals surface area (Å²) in [5.41, 5.74) is 1.25. The molecule has 0 saturated carbocycles. The van der Waals surface area contributed by atoms with Crippen LogP contribution in [0.25, 0.3) is 0 Å². The second-order valence-electron chi connectivity index (χ2n) is 7.02. The minimum Gasteiger partial charge on any atom is -0.337 e. The smallest absolute Gasteiger partial charge is 0.244 e. The lowest BCUT2D eigenvalue weighted by Gasteiger charge is -2.27. The molecule has 0 aromatic carbocycles. The number of carbonyl (C=O) groups excluding carboxylic acids is 1. The Morgan fingerprint density at radius 3 is 2.71 bits per heavy atom. The molecule has 1 amide bonds. The zero-order chi connectivity index (χ0) is 19.6. The van der Waals surface area contributed by atoms with Crippen molar-refractivity contribution in [2.45, 2.75) is 42.1 Å². The second-order valence-corrected chi connectivity index (χ2v) is 11.0. The molecule has 28 heavy (non-hydrogen) atoms. The molecule has 0 bridgehead atoms. The van der Waals surface area contributed by atoms with Gasteiger partial charge < -0.3 is 4.90 Å². The lowest BCUT2D eigenvalue weighted by atomic mass is 10.1. The summed E-state index contributed by atoms with van der Waals surface area (Å²) < 4.78 is 26.9. The van der Waals surface area contributed by atoms with Crippen molar-refractivity contribution >= 4 is 39.0 Å². The van der Waals surface area contributed by atoms with Gasteiger partial charge in [0.25, 0.3) is 0 Å². The molecular formula is C19H23N3O3S3. The topological polar surface area (TPSA) is 70.6 Å². The number of nitrogens with zero attached hydrogens (tertiary/aromatic N) is 3. The summed E-state index contributed by atoms with van der Waals surface area (Å²) in [6, 6.07) is 5.39. The molecule has 0 N–H and O–H groups in total. The molecule has 2 aliphatic heterocycles. The van der Waals surface area contributed by atoms with Crippen molar-refractivity contribution in [2.75, 3.05) is 25.4 Å². The van der Waals surface area contributed by atoms with Crippen LogP contribution in [0.1, 0.15) is 29.7 Å². The first kappa shape index (κ1) is 19.9. The van der Waals surface area contributed by atoms with Gasteiger partial charge >= 0.3 is 0 Å². The molecule has 6 nitrogen and oxygen atoms in total. The number of sulfonamides is 1. The van der Waals surface area contributed by atoms with Crippen molar-refractivity contribution in [1.29, 1.82) is 0 Å². The number of rotatable bonds is 5. The Morgan fingerprint density at radius 1 is 1.14 bits per heavy atom. The minimum atomic E-state index is -3.46. The Hall–Kier alpha value is -1.42. The van der Waals surface area contributed by atoms with Gasteiger partial charge in [-0.05, 0) is 48.4 Å². The molecule has 4 heterocycles. The number of aromatic nitrogens is 1. The van der Waals surface area contributed by atoms with Gasteiger partial charge in [0.1, 0.15) is 4.90 Å². The van der Waals surface area contributed by atoms with Gasteiger partial charge in [0.2, 0.25) is 15.9 Å². The number of pyridine rings is 1.